The standard InChI is InChI=1S/C16H12ClFO3/c1-21-15-8-10(7-13(17)16(15)20)5-6-14(19)11-3-2-4-12(18)9-11/h2-9,20H,1H3. The molecule has 0 aromatic heterocycles. The van der Waals surface area contributed by atoms with Crippen molar-refractivity contribution in [1.29, 1.82) is 0 Å². The Hall–Kier alpha value is -2.33. The number of hydrogen-bond donors (Lipinski definition) is 1. The lowest BCUT2D eigenvalue weighted by Gasteiger charge is -2.06. The molecule has 0 aliphatic heterocycles. The van der Waals surface area contributed by atoms with Crippen molar-refractivity contribution in [3.8, 4) is 11.5 Å². The molecular weight excluding hydrogens is 295 g/mol. The van der Waals surface area contributed by atoms with Crippen molar-refractivity contribution in [2.75, 3.05) is 7.11 Å². The molecule has 0 atom stereocenters. The molecule has 0 bridgehead atoms. The van der Waals surface area contributed by atoms with Crippen LogP contribution in [-0.4, -0.2) is 18.0 Å². The Balaban J connectivity index is 2.25. The lowest BCUT2D eigenvalue weighted by Crippen LogP contribution is -1.94. The number of methoxy groups -OCH3 is 1. The smallest absolute Gasteiger partial charge is 0.185 e. The maximum atomic E-state index is 13.0. The third-order valence-corrected chi connectivity index (χ3v) is 3.10. The maximum absolute atomic E-state index is 13.0. The van der Waals surface area contributed by atoms with Crippen molar-refractivity contribution in [3.63, 3.8) is 0 Å². The zero-order valence-electron chi connectivity index (χ0n) is 11.1. The highest BCUT2D eigenvalue weighted by Gasteiger charge is 2.08. The summed E-state index contributed by atoms with van der Waals surface area (Å²) in [6.45, 7) is 0. The second-order valence-corrected chi connectivity index (χ2v) is 4.67. The van der Waals surface area contributed by atoms with Crippen LogP contribution < -0.4 is 4.74 Å². The predicted molar refractivity (Wildman–Crippen MR) is 79.4 cm³/mol. The van der Waals surface area contributed by atoms with Gasteiger partial charge in [0.1, 0.15) is 5.82 Å². The molecule has 2 rings (SSSR count). The summed E-state index contributed by atoms with van der Waals surface area (Å²) in [6, 6.07) is 8.46. The summed E-state index contributed by atoms with van der Waals surface area (Å²) < 4.78 is 18.0. The highest BCUT2D eigenvalue weighted by Crippen LogP contribution is 2.35. The number of carbonyl (C=O) groups excluding carboxylic acids is 1. The van der Waals surface area contributed by atoms with E-state index in [1.807, 2.05) is 0 Å². The van der Waals surface area contributed by atoms with Crippen LogP contribution in [0.4, 0.5) is 4.39 Å². The Bertz CT molecular complexity index is 711. The maximum Gasteiger partial charge on any atom is 0.185 e. The van der Waals surface area contributed by atoms with Gasteiger partial charge in [-0.1, -0.05) is 29.8 Å². The van der Waals surface area contributed by atoms with E-state index >= 15 is 0 Å². The van der Waals surface area contributed by atoms with Gasteiger partial charge in [0.05, 0.1) is 12.1 Å². The number of carbonyl (C=O) groups is 1. The van der Waals surface area contributed by atoms with Crippen molar-refractivity contribution in [1.82, 2.24) is 0 Å². The van der Waals surface area contributed by atoms with Crippen molar-refractivity contribution in [3.05, 3.63) is 64.4 Å². The summed E-state index contributed by atoms with van der Waals surface area (Å²) in [5.74, 6) is -0.755. The third-order valence-electron chi connectivity index (χ3n) is 2.81. The molecule has 2 aromatic rings. The van der Waals surface area contributed by atoms with Crippen molar-refractivity contribution >= 4 is 23.5 Å². The van der Waals surface area contributed by atoms with Crippen LogP contribution in [0.25, 0.3) is 6.08 Å². The highest BCUT2D eigenvalue weighted by atomic mass is 35.5. The van der Waals surface area contributed by atoms with E-state index in [4.69, 9.17) is 16.3 Å². The molecular formula is C16H12ClFO3. The van der Waals surface area contributed by atoms with Crippen molar-refractivity contribution in [2.24, 2.45) is 0 Å². The lowest BCUT2D eigenvalue weighted by molar-refractivity contribution is 0.104. The minimum Gasteiger partial charge on any atom is -0.503 e. The number of ketones is 1. The number of phenolic OH excluding ortho intramolecular Hbond substituents is 1. The molecule has 0 spiro atoms. The Morgan fingerprint density at radius 3 is 2.76 bits per heavy atom. The number of ether oxygens (including phenoxy) is 1. The minimum absolute atomic E-state index is 0.118. The summed E-state index contributed by atoms with van der Waals surface area (Å²) >= 11 is 5.85. The lowest BCUT2D eigenvalue weighted by atomic mass is 10.1. The Labute approximate surface area is 126 Å². The van der Waals surface area contributed by atoms with E-state index in [1.165, 1.54) is 49.6 Å². The van der Waals surface area contributed by atoms with Gasteiger partial charge in [0.15, 0.2) is 17.3 Å². The number of allylic oxidation sites excluding steroid dienone is 1. The fourth-order valence-electron chi connectivity index (χ4n) is 1.76. The Morgan fingerprint density at radius 1 is 1.33 bits per heavy atom. The molecule has 3 nitrogen and oxygen atoms in total. The van der Waals surface area contributed by atoms with Crippen LogP contribution in [0, 0.1) is 5.82 Å². The van der Waals surface area contributed by atoms with Gasteiger partial charge in [0.25, 0.3) is 0 Å². The number of benzene rings is 2. The monoisotopic (exact) mass is 306 g/mol. The quantitative estimate of drug-likeness (QED) is 0.683. The average Bonchev–Trinajstić information content (AvgIpc) is 2.48. The van der Waals surface area contributed by atoms with Gasteiger partial charge in [0, 0.05) is 5.56 Å². The molecule has 2 aromatic carbocycles. The number of rotatable bonds is 4. The van der Waals surface area contributed by atoms with Crippen molar-refractivity contribution < 1.29 is 19.0 Å². The topological polar surface area (TPSA) is 46.5 Å². The predicted octanol–water partition coefficient (Wildman–Crippen LogP) is 4.09. The molecule has 1 N–H and O–H groups in total. The van der Waals surface area contributed by atoms with Crippen LogP contribution in [0.3, 0.4) is 0 Å². The first-order valence-electron chi connectivity index (χ1n) is 6.05. The van der Waals surface area contributed by atoms with Gasteiger partial charge in [-0.25, -0.2) is 4.39 Å². The molecule has 0 aliphatic rings. The summed E-state index contributed by atoms with van der Waals surface area (Å²) in [5.41, 5.74) is 0.836. The van der Waals surface area contributed by atoms with Gasteiger partial charge >= 0.3 is 0 Å². The first-order chi connectivity index (χ1) is 10.0. The summed E-state index contributed by atoms with van der Waals surface area (Å²) in [7, 11) is 1.40. The fourth-order valence-corrected chi connectivity index (χ4v) is 1.97. The molecule has 0 radical (unpaired) electrons. The van der Waals surface area contributed by atoms with E-state index in [0.29, 0.717) is 5.56 Å². The van der Waals surface area contributed by atoms with Gasteiger partial charge in [0.2, 0.25) is 0 Å². The number of aromatic hydroxyl groups is 1. The average molecular weight is 307 g/mol. The van der Waals surface area contributed by atoms with Crippen LogP contribution in [-0.2, 0) is 0 Å². The number of phenols is 1. The summed E-state index contributed by atoms with van der Waals surface area (Å²) in [5, 5.41) is 9.74. The van der Waals surface area contributed by atoms with Crippen molar-refractivity contribution in [2.45, 2.75) is 0 Å². The van der Waals surface area contributed by atoms with E-state index in [0.717, 1.165) is 6.07 Å². The summed E-state index contributed by atoms with van der Waals surface area (Å²) in [6.07, 6.45) is 2.82. The van der Waals surface area contributed by atoms with Gasteiger partial charge in [-0.3, -0.25) is 4.79 Å². The highest BCUT2D eigenvalue weighted by molar-refractivity contribution is 6.32. The van der Waals surface area contributed by atoms with Gasteiger partial charge in [-0.2, -0.15) is 0 Å². The second-order valence-electron chi connectivity index (χ2n) is 4.26. The van der Waals surface area contributed by atoms with E-state index in [9.17, 15) is 14.3 Å². The Kier molecular flexibility index (Phi) is 4.60. The Morgan fingerprint density at radius 2 is 2.10 bits per heavy atom. The molecule has 108 valence electrons. The zero-order valence-corrected chi connectivity index (χ0v) is 11.9. The second kappa shape index (κ2) is 6.41. The van der Waals surface area contributed by atoms with Crippen LogP contribution in [0.15, 0.2) is 42.5 Å². The molecule has 0 saturated heterocycles. The number of hydrogen-bond acceptors (Lipinski definition) is 3. The molecule has 0 amide bonds. The van der Waals surface area contributed by atoms with Crippen LogP contribution in [0.5, 0.6) is 11.5 Å². The van der Waals surface area contributed by atoms with Crippen LogP contribution in [0.2, 0.25) is 5.02 Å². The van der Waals surface area contributed by atoms with Crippen LogP contribution >= 0.6 is 11.6 Å². The van der Waals surface area contributed by atoms with E-state index < -0.39 is 5.82 Å². The fraction of sp³-hybridized carbons (Fsp3) is 0.0625. The van der Waals surface area contributed by atoms with E-state index in [-0.39, 0.29) is 27.9 Å². The molecule has 0 heterocycles. The molecule has 21 heavy (non-hydrogen) atoms. The third kappa shape index (κ3) is 3.61. The normalized spacial score (nSPS) is 10.8. The SMILES string of the molecule is COc1cc(C=CC(=O)c2cccc(F)c2)cc(Cl)c1O. The van der Waals surface area contributed by atoms with Gasteiger partial charge < -0.3 is 9.84 Å². The largest absolute Gasteiger partial charge is 0.503 e. The molecule has 0 unspecified atom stereocenters. The number of halogens is 2. The molecule has 0 fully saturated rings. The van der Waals surface area contributed by atoms with E-state index in [2.05, 4.69) is 0 Å². The first-order valence-corrected chi connectivity index (χ1v) is 6.43. The molecule has 5 heteroatoms. The van der Waals surface area contributed by atoms with Crippen LogP contribution in [0.1, 0.15) is 15.9 Å². The van der Waals surface area contributed by atoms with Gasteiger partial charge in [-0.05, 0) is 35.9 Å². The first kappa shape index (κ1) is 15.1. The minimum atomic E-state index is -0.469. The zero-order chi connectivity index (χ0) is 15.4. The summed E-state index contributed by atoms with van der Waals surface area (Å²) in [4.78, 5) is 11.9. The molecule has 0 saturated carbocycles. The van der Waals surface area contributed by atoms with Gasteiger partial charge in [-0.15, -0.1) is 0 Å². The molecule has 0 aliphatic carbocycles. The van der Waals surface area contributed by atoms with E-state index in [1.54, 1.807) is 0 Å².